The highest BCUT2D eigenvalue weighted by molar-refractivity contribution is 5.94. The van der Waals surface area contributed by atoms with E-state index in [1.54, 1.807) is 31.1 Å². The highest BCUT2D eigenvalue weighted by Gasteiger charge is 2.20. The molecule has 0 aliphatic carbocycles. The van der Waals surface area contributed by atoms with Crippen molar-refractivity contribution in [1.29, 1.82) is 0 Å². The number of ether oxygens (including phenoxy) is 1. The van der Waals surface area contributed by atoms with Gasteiger partial charge in [0.15, 0.2) is 0 Å². The second kappa shape index (κ2) is 6.87. The number of aryl methyl sites for hydroxylation is 1. The summed E-state index contributed by atoms with van der Waals surface area (Å²) < 4.78 is 18.8. The van der Waals surface area contributed by atoms with Crippen LogP contribution < -0.4 is 4.74 Å². The third kappa shape index (κ3) is 3.32. The van der Waals surface area contributed by atoms with Crippen LogP contribution in [0.1, 0.15) is 27.9 Å². The first-order chi connectivity index (χ1) is 11.6. The van der Waals surface area contributed by atoms with Crippen molar-refractivity contribution >= 4 is 11.5 Å². The van der Waals surface area contributed by atoms with Crippen molar-refractivity contribution in [3.63, 3.8) is 0 Å². The SMILES string of the molecule is COc1ccc(C2=CCN(C(=O)c3ccc(C)c(F)c3)CC2)cc1. The Labute approximate surface area is 141 Å². The van der Waals surface area contributed by atoms with Crippen LogP contribution in [0.5, 0.6) is 5.75 Å². The molecule has 0 radical (unpaired) electrons. The summed E-state index contributed by atoms with van der Waals surface area (Å²) in [7, 11) is 1.65. The van der Waals surface area contributed by atoms with E-state index in [4.69, 9.17) is 4.74 Å². The predicted molar refractivity (Wildman–Crippen MR) is 92.6 cm³/mol. The van der Waals surface area contributed by atoms with E-state index in [1.807, 2.05) is 24.3 Å². The summed E-state index contributed by atoms with van der Waals surface area (Å²) in [5.74, 6) is 0.361. The minimum absolute atomic E-state index is 0.126. The number of halogens is 1. The molecule has 124 valence electrons. The Morgan fingerprint density at radius 3 is 2.50 bits per heavy atom. The van der Waals surface area contributed by atoms with Gasteiger partial charge in [-0.15, -0.1) is 0 Å². The lowest BCUT2D eigenvalue weighted by atomic mass is 9.99. The zero-order chi connectivity index (χ0) is 17.1. The van der Waals surface area contributed by atoms with Crippen LogP contribution in [0.3, 0.4) is 0 Å². The molecule has 3 nitrogen and oxygen atoms in total. The molecule has 0 spiro atoms. The van der Waals surface area contributed by atoms with Crippen molar-refractivity contribution in [2.45, 2.75) is 13.3 Å². The Hall–Kier alpha value is -2.62. The molecule has 1 aliphatic rings. The average Bonchev–Trinajstić information content (AvgIpc) is 2.63. The Balaban J connectivity index is 1.71. The van der Waals surface area contributed by atoms with Crippen molar-refractivity contribution < 1.29 is 13.9 Å². The zero-order valence-corrected chi connectivity index (χ0v) is 13.9. The third-order valence-electron chi connectivity index (χ3n) is 4.38. The van der Waals surface area contributed by atoms with Crippen molar-refractivity contribution in [3.8, 4) is 5.75 Å². The minimum atomic E-state index is -0.340. The number of benzene rings is 2. The first-order valence-corrected chi connectivity index (χ1v) is 7.97. The summed E-state index contributed by atoms with van der Waals surface area (Å²) in [4.78, 5) is 14.3. The minimum Gasteiger partial charge on any atom is -0.497 e. The van der Waals surface area contributed by atoms with Crippen molar-refractivity contribution in [3.05, 3.63) is 71.0 Å². The van der Waals surface area contributed by atoms with Gasteiger partial charge in [0, 0.05) is 18.7 Å². The molecule has 3 rings (SSSR count). The first-order valence-electron chi connectivity index (χ1n) is 7.97. The first kappa shape index (κ1) is 16.2. The van der Waals surface area contributed by atoms with Gasteiger partial charge in [-0.3, -0.25) is 4.79 Å². The molecule has 0 saturated carbocycles. The number of carbonyl (C=O) groups is 1. The van der Waals surface area contributed by atoms with Crippen LogP contribution in [0.2, 0.25) is 0 Å². The molecule has 1 aliphatic heterocycles. The maximum Gasteiger partial charge on any atom is 0.254 e. The lowest BCUT2D eigenvalue weighted by Gasteiger charge is -2.27. The molecule has 1 heterocycles. The maximum absolute atomic E-state index is 13.7. The van der Waals surface area contributed by atoms with E-state index >= 15 is 0 Å². The summed E-state index contributed by atoms with van der Waals surface area (Å²) in [6.07, 6.45) is 2.85. The van der Waals surface area contributed by atoms with Gasteiger partial charge >= 0.3 is 0 Å². The van der Waals surface area contributed by atoms with Gasteiger partial charge in [-0.25, -0.2) is 4.39 Å². The molecule has 0 aromatic heterocycles. The van der Waals surface area contributed by atoms with Gasteiger partial charge < -0.3 is 9.64 Å². The zero-order valence-electron chi connectivity index (χ0n) is 13.9. The van der Waals surface area contributed by atoms with Crippen LogP contribution in [0.15, 0.2) is 48.5 Å². The smallest absolute Gasteiger partial charge is 0.254 e. The van der Waals surface area contributed by atoms with Crippen LogP contribution in [0, 0.1) is 12.7 Å². The molecule has 0 unspecified atom stereocenters. The Kier molecular flexibility index (Phi) is 4.65. The quantitative estimate of drug-likeness (QED) is 0.851. The lowest BCUT2D eigenvalue weighted by molar-refractivity contribution is 0.0772. The second-order valence-electron chi connectivity index (χ2n) is 5.92. The van der Waals surface area contributed by atoms with Crippen LogP contribution >= 0.6 is 0 Å². The molecule has 2 aromatic rings. The van der Waals surface area contributed by atoms with Crippen LogP contribution in [0.25, 0.3) is 5.57 Å². The van der Waals surface area contributed by atoms with E-state index in [2.05, 4.69) is 6.08 Å². The highest BCUT2D eigenvalue weighted by atomic mass is 19.1. The third-order valence-corrected chi connectivity index (χ3v) is 4.38. The summed E-state index contributed by atoms with van der Waals surface area (Å²) in [6, 6.07) is 12.6. The number of carbonyl (C=O) groups excluding carboxylic acids is 1. The van der Waals surface area contributed by atoms with Gasteiger partial charge in [0.2, 0.25) is 0 Å². The Morgan fingerprint density at radius 2 is 1.92 bits per heavy atom. The van der Waals surface area contributed by atoms with Gasteiger partial charge in [-0.1, -0.05) is 24.3 Å². The second-order valence-corrected chi connectivity index (χ2v) is 5.92. The van der Waals surface area contributed by atoms with Gasteiger partial charge in [-0.05, 0) is 54.3 Å². The van der Waals surface area contributed by atoms with Crippen LogP contribution in [-0.4, -0.2) is 31.0 Å². The summed E-state index contributed by atoms with van der Waals surface area (Å²) in [5, 5.41) is 0. The number of hydrogen-bond acceptors (Lipinski definition) is 2. The fourth-order valence-electron chi connectivity index (χ4n) is 2.83. The molecule has 0 atom stereocenters. The molecule has 1 amide bonds. The average molecular weight is 325 g/mol. The molecule has 24 heavy (non-hydrogen) atoms. The molecule has 0 fully saturated rings. The normalized spacial score (nSPS) is 14.3. The van der Waals surface area contributed by atoms with E-state index in [0.29, 0.717) is 24.2 Å². The molecular formula is C20H20FNO2. The molecule has 0 N–H and O–H groups in total. The van der Waals surface area contributed by atoms with Gasteiger partial charge in [-0.2, -0.15) is 0 Å². The molecular weight excluding hydrogens is 305 g/mol. The number of hydrogen-bond donors (Lipinski definition) is 0. The predicted octanol–water partition coefficient (Wildman–Crippen LogP) is 4.07. The van der Waals surface area contributed by atoms with Crippen LogP contribution in [-0.2, 0) is 0 Å². The van der Waals surface area contributed by atoms with Gasteiger partial charge in [0.25, 0.3) is 5.91 Å². The number of amides is 1. The lowest BCUT2D eigenvalue weighted by Crippen LogP contribution is -2.34. The summed E-state index contributed by atoms with van der Waals surface area (Å²) >= 11 is 0. The monoisotopic (exact) mass is 325 g/mol. The van der Waals surface area contributed by atoms with Gasteiger partial charge in [0.05, 0.1) is 7.11 Å². The fourth-order valence-corrected chi connectivity index (χ4v) is 2.83. The molecule has 2 aromatic carbocycles. The Bertz CT molecular complexity index is 781. The number of nitrogens with zero attached hydrogens (tertiary/aromatic N) is 1. The molecule has 0 saturated heterocycles. The Morgan fingerprint density at radius 1 is 1.17 bits per heavy atom. The standard InChI is InChI=1S/C20H20FNO2/c1-14-3-4-17(13-19(14)21)20(23)22-11-9-16(10-12-22)15-5-7-18(24-2)8-6-15/h3-9,13H,10-12H2,1-2H3. The highest BCUT2D eigenvalue weighted by Crippen LogP contribution is 2.25. The topological polar surface area (TPSA) is 29.5 Å². The van der Waals surface area contributed by atoms with E-state index in [9.17, 15) is 9.18 Å². The number of rotatable bonds is 3. The van der Waals surface area contributed by atoms with Crippen LogP contribution in [0.4, 0.5) is 4.39 Å². The summed E-state index contributed by atoms with van der Waals surface area (Å²) in [5.41, 5.74) is 3.31. The fraction of sp³-hybridized carbons (Fsp3) is 0.250. The largest absolute Gasteiger partial charge is 0.497 e. The molecule has 0 bridgehead atoms. The maximum atomic E-state index is 13.7. The van der Waals surface area contributed by atoms with Crippen molar-refractivity contribution in [2.24, 2.45) is 0 Å². The van der Waals surface area contributed by atoms with E-state index < -0.39 is 0 Å². The number of methoxy groups -OCH3 is 1. The van der Waals surface area contributed by atoms with E-state index in [0.717, 1.165) is 17.7 Å². The van der Waals surface area contributed by atoms with E-state index in [1.165, 1.54) is 11.6 Å². The molecule has 4 heteroatoms. The van der Waals surface area contributed by atoms with Crippen molar-refractivity contribution in [2.75, 3.05) is 20.2 Å². The van der Waals surface area contributed by atoms with Crippen molar-refractivity contribution in [1.82, 2.24) is 4.90 Å². The summed E-state index contributed by atoms with van der Waals surface area (Å²) in [6.45, 7) is 2.86. The van der Waals surface area contributed by atoms with Gasteiger partial charge in [0.1, 0.15) is 11.6 Å². The van der Waals surface area contributed by atoms with E-state index in [-0.39, 0.29) is 11.7 Å².